The van der Waals surface area contributed by atoms with Crippen molar-refractivity contribution in [3.63, 3.8) is 0 Å². The molecule has 0 bridgehead atoms. The minimum Gasteiger partial charge on any atom is -0.357 e. The number of nitrogens with one attached hydrogen (secondary N) is 2. The second kappa shape index (κ2) is 9.54. The fourth-order valence-corrected chi connectivity index (χ4v) is 3.98. The van der Waals surface area contributed by atoms with Gasteiger partial charge in [0.15, 0.2) is 5.96 Å². The highest BCUT2D eigenvalue weighted by Gasteiger charge is 2.37. The van der Waals surface area contributed by atoms with E-state index in [1.807, 2.05) is 18.2 Å². The van der Waals surface area contributed by atoms with Crippen molar-refractivity contribution in [2.24, 2.45) is 4.99 Å². The second-order valence-electron chi connectivity index (χ2n) is 7.40. The molecule has 1 amide bonds. The predicted molar refractivity (Wildman–Crippen MR) is 115 cm³/mol. The summed E-state index contributed by atoms with van der Waals surface area (Å²) in [4.78, 5) is 19.2. The summed E-state index contributed by atoms with van der Waals surface area (Å²) in [5.74, 6) is 0.266. The summed E-state index contributed by atoms with van der Waals surface area (Å²) in [6, 6.07) is 16.1. The fourth-order valence-electron chi connectivity index (χ4n) is 3.98. The summed E-state index contributed by atoms with van der Waals surface area (Å²) >= 11 is 0. The molecule has 0 atom stereocenters. The van der Waals surface area contributed by atoms with Gasteiger partial charge >= 0.3 is 0 Å². The lowest BCUT2D eigenvalue weighted by Gasteiger charge is -2.43. The Balaban J connectivity index is 1.75. The van der Waals surface area contributed by atoms with E-state index in [1.165, 1.54) is 17.7 Å². The lowest BCUT2D eigenvalue weighted by atomic mass is 9.72. The topological polar surface area (TPSA) is 56.7 Å². The summed E-state index contributed by atoms with van der Waals surface area (Å²) in [6.07, 6.45) is 1.79. The normalized spacial score (nSPS) is 16.4. The Hall–Kier alpha value is -2.89. The van der Waals surface area contributed by atoms with E-state index in [1.54, 1.807) is 19.2 Å². The number of likely N-dealkylation sites (tertiary alicyclic amines) is 1. The number of hydrogen-bond donors (Lipinski definition) is 2. The molecule has 0 unspecified atom stereocenters. The number of aliphatic imine (C=N–C) groups is 1. The number of amides is 1. The quantitative estimate of drug-likeness (QED) is 0.603. The number of halogens is 1. The zero-order chi connectivity index (χ0) is 20.7. The average molecular weight is 397 g/mol. The zero-order valence-corrected chi connectivity index (χ0v) is 17.1. The van der Waals surface area contributed by atoms with E-state index in [-0.39, 0.29) is 11.3 Å². The summed E-state index contributed by atoms with van der Waals surface area (Å²) in [5.41, 5.74) is 1.40. The first-order valence-electron chi connectivity index (χ1n) is 10.1. The molecule has 2 N–H and O–H groups in total. The third-order valence-corrected chi connectivity index (χ3v) is 5.63. The number of carbonyl (C=O) groups excluding carboxylic acids is 1. The molecule has 2 aromatic rings. The molecule has 1 fully saturated rings. The van der Waals surface area contributed by atoms with E-state index in [2.05, 4.69) is 39.6 Å². The summed E-state index contributed by atoms with van der Waals surface area (Å²) in [6.45, 7) is 5.11. The number of piperidine rings is 1. The van der Waals surface area contributed by atoms with Crippen molar-refractivity contribution >= 4 is 11.9 Å². The monoisotopic (exact) mass is 396 g/mol. The molecule has 1 saturated heterocycles. The molecule has 6 heteroatoms. The SMILES string of the molecule is CCNC(=NC)N1CCC(CNC(=O)c2cccc(F)c2)(c2ccccc2)CC1. The highest BCUT2D eigenvalue weighted by atomic mass is 19.1. The van der Waals surface area contributed by atoms with Crippen LogP contribution in [0.1, 0.15) is 35.7 Å². The van der Waals surface area contributed by atoms with Crippen LogP contribution in [0.3, 0.4) is 0 Å². The Morgan fingerprint density at radius 3 is 2.45 bits per heavy atom. The molecule has 3 rings (SSSR count). The highest BCUT2D eigenvalue weighted by Crippen LogP contribution is 2.35. The Morgan fingerprint density at radius 1 is 1.10 bits per heavy atom. The molecule has 2 aromatic carbocycles. The van der Waals surface area contributed by atoms with Gasteiger partial charge in [-0.3, -0.25) is 9.79 Å². The van der Waals surface area contributed by atoms with Crippen molar-refractivity contribution in [3.05, 3.63) is 71.5 Å². The van der Waals surface area contributed by atoms with Gasteiger partial charge in [0, 0.05) is 44.2 Å². The first-order valence-corrected chi connectivity index (χ1v) is 10.1. The molecular weight excluding hydrogens is 367 g/mol. The van der Waals surface area contributed by atoms with Crippen LogP contribution in [-0.4, -0.2) is 50.0 Å². The van der Waals surface area contributed by atoms with E-state index in [9.17, 15) is 9.18 Å². The molecule has 1 aliphatic heterocycles. The van der Waals surface area contributed by atoms with Gasteiger partial charge in [-0.05, 0) is 43.5 Å². The largest absolute Gasteiger partial charge is 0.357 e. The minimum atomic E-state index is -0.404. The van der Waals surface area contributed by atoms with Gasteiger partial charge < -0.3 is 15.5 Å². The van der Waals surface area contributed by atoms with Gasteiger partial charge in [-0.2, -0.15) is 0 Å². The zero-order valence-electron chi connectivity index (χ0n) is 17.1. The third-order valence-electron chi connectivity index (χ3n) is 5.63. The van der Waals surface area contributed by atoms with Gasteiger partial charge in [-0.25, -0.2) is 4.39 Å². The van der Waals surface area contributed by atoms with Crippen molar-refractivity contribution in [1.82, 2.24) is 15.5 Å². The molecule has 0 spiro atoms. The number of benzene rings is 2. The summed E-state index contributed by atoms with van der Waals surface area (Å²) in [5, 5.41) is 6.37. The number of carbonyl (C=O) groups is 1. The molecule has 0 aromatic heterocycles. The van der Waals surface area contributed by atoms with Crippen LogP contribution in [0.25, 0.3) is 0 Å². The smallest absolute Gasteiger partial charge is 0.251 e. The number of hydrogen-bond acceptors (Lipinski definition) is 2. The molecular formula is C23H29FN4O. The van der Waals surface area contributed by atoms with Crippen LogP contribution in [0.15, 0.2) is 59.6 Å². The van der Waals surface area contributed by atoms with Crippen LogP contribution in [0.4, 0.5) is 4.39 Å². The summed E-state index contributed by atoms with van der Waals surface area (Å²) in [7, 11) is 1.80. The maximum atomic E-state index is 13.5. The van der Waals surface area contributed by atoms with Crippen LogP contribution in [0.5, 0.6) is 0 Å². The van der Waals surface area contributed by atoms with Gasteiger partial charge in [0.25, 0.3) is 5.91 Å². The van der Waals surface area contributed by atoms with Crippen LogP contribution < -0.4 is 10.6 Å². The standard InChI is InChI=1S/C23H29FN4O/c1-3-26-22(25-2)28-14-12-23(13-15-28,19-9-5-4-6-10-19)17-27-21(29)18-8-7-11-20(24)16-18/h4-11,16H,3,12-15,17H2,1-2H3,(H,25,26)(H,27,29). The van der Waals surface area contributed by atoms with Crippen molar-refractivity contribution in [2.45, 2.75) is 25.2 Å². The first-order chi connectivity index (χ1) is 14.1. The molecule has 1 aliphatic rings. The van der Waals surface area contributed by atoms with E-state index in [0.717, 1.165) is 38.4 Å². The Kier molecular flexibility index (Phi) is 6.86. The van der Waals surface area contributed by atoms with Crippen LogP contribution in [0.2, 0.25) is 0 Å². The molecule has 5 nitrogen and oxygen atoms in total. The van der Waals surface area contributed by atoms with Crippen molar-refractivity contribution in [3.8, 4) is 0 Å². The van der Waals surface area contributed by atoms with Crippen molar-refractivity contribution < 1.29 is 9.18 Å². The minimum absolute atomic E-state index is 0.161. The maximum absolute atomic E-state index is 13.5. The lowest BCUT2D eigenvalue weighted by molar-refractivity contribution is 0.0931. The van der Waals surface area contributed by atoms with Crippen LogP contribution >= 0.6 is 0 Å². The molecule has 29 heavy (non-hydrogen) atoms. The Labute approximate surface area is 172 Å². The van der Waals surface area contributed by atoms with Gasteiger partial charge in [-0.15, -0.1) is 0 Å². The first kappa shape index (κ1) is 20.8. The van der Waals surface area contributed by atoms with E-state index < -0.39 is 5.82 Å². The highest BCUT2D eigenvalue weighted by molar-refractivity contribution is 5.94. The van der Waals surface area contributed by atoms with E-state index in [0.29, 0.717) is 12.1 Å². The van der Waals surface area contributed by atoms with Crippen LogP contribution in [-0.2, 0) is 5.41 Å². The van der Waals surface area contributed by atoms with Gasteiger partial charge in [0.05, 0.1) is 0 Å². The number of guanidine groups is 1. The van der Waals surface area contributed by atoms with Crippen molar-refractivity contribution in [1.29, 1.82) is 0 Å². The van der Waals surface area contributed by atoms with Crippen LogP contribution in [0, 0.1) is 5.82 Å². The van der Waals surface area contributed by atoms with Gasteiger partial charge in [0.2, 0.25) is 0 Å². The summed E-state index contributed by atoms with van der Waals surface area (Å²) < 4.78 is 13.5. The lowest BCUT2D eigenvalue weighted by Crippen LogP contribution is -2.52. The molecule has 1 heterocycles. The number of nitrogens with zero attached hydrogens (tertiary/aromatic N) is 2. The molecule has 0 saturated carbocycles. The Morgan fingerprint density at radius 2 is 1.83 bits per heavy atom. The van der Waals surface area contributed by atoms with Gasteiger partial charge in [-0.1, -0.05) is 36.4 Å². The van der Waals surface area contributed by atoms with Gasteiger partial charge in [0.1, 0.15) is 5.82 Å². The average Bonchev–Trinajstić information content (AvgIpc) is 2.77. The van der Waals surface area contributed by atoms with E-state index in [4.69, 9.17) is 0 Å². The molecule has 0 radical (unpaired) electrons. The van der Waals surface area contributed by atoms with Crippen molar-refractivity contribution in [2.75, 3.05) is 33.2 Å². The maximum Gasteiger partial charge on any atom is 0.251 e. The van der Waals surface area contributed by atoms with E-state index >= 15 is 0 Å². The predicted octanol–water partition coefficient (Wildman–Crippen LogP) is 3.18. The Bertz CT molecular complexity index is 845. The second-order valence-corrected chi connectivity index (χ2v) is 7.40. The fraction of sp³-hybridized carbons (Fsp3) is 0.391. The third kappa shape index (κ3) is 4.94. The molecule has 154 valence electrons. The number of rotatable bonds is 5. The molecule has 0 aliphatic carbocycles.